The highest BCUT2D eigenvalue weighted by molar-refractivity contribution is 6.08. The lowest BCUT2D eigenvalue weighted by molar-refractivity contribution is 0.0984. The third-order valence-corrected chi connectivity index (χ3v) is 5.40. The quantitative estimate of drug-likeness (QED) is 0.650. The molecular weight excluding hydrogens is 395 g/mol. The van der Waals surface area contributed by atoms with Crippen LogP contribution in [0.4, 0.5) is 15.8 Å². The lowest BCUT2D eigenvalue weighted by atomic mass is 9.98. The number of aryl methyl sites for hydroxylation is 2. The highest BCUT2D eigenvalue weighted by Gasteiger charge is 2.24. The molecule has 4 rings (SSSR count). The van der Waals surface area contributed by atoms with Crippen molar-refractivity contribution in [2.75, 3.05) is 23.9 Å². The number of hydrogen-bond acceptors (Lipinski definition) is 3. The van der Waals surface area contributed by atoms with E-state index in [9.17, 15) is 14.0 Å². The number of nitrogens with zero attached hydrogens (tertiary/aromatic N) is 1. The monoisotopic (exact) mass is 418 g/mol. The van der Waals surface area contributed by atoms with Gasteiger partial charge in [-0.3, -0.25) is 9.59 Å². The van der Waals surface area contributed by atoms with Gasteiger partial charge in [-0.1, -0.05) is 6.07 Å². The van der Waals surface area contributed by atoms with Crippen molar-refractivity contribution >= 4 is 23.2 Å². The zero-order chi connectivity index (χ0) is 22.0. The molecule has 3 aromatic carbocycles. The van der Waals surface area contributed by atoms with Gasteiger partial charge in [0.25, 0.3) is 11.8 Å². The Bertz CT molecular complexity index is 1140. The number of hydrogen-bond donors (Lipinski definition) is 1. The summed E-state index contributed by atoms with van der Waals surface area (Å²) in [6.07, 6.45) is 1.56. The number of carbonyl (C=O) groups is 2. The van der Waals surface area contributed by atoms with Crippen LogP contribution in [0, 0.1) is 12.7 Å². The molecule has 0 aromatic heterocycles. The molecule has 3 aromatic rings. The number of nitrogens with one attached hydrogen (secondary N) is 1. The predicted octanol–water partition coefficient (Wildman–Crippen LogP) is 4.99. The van der Waals surface area contributed by atoms with Gasteiger partial charge in [-0.05, 0) is 85.5 Å². The van der Waals surface area contributed by atoms with Crippen molar-refractivity contribution in [3.8, 4) is 5.75 Å². The number of halogens is 1. The maximum Gasteiger partial charge on any atom is 0.258 e. The molecule has 5 nitrogen and oxygen atoms in total. The maximum absolute atomic E-state index is 13.2. The van der Waals surface area contributed by atoms with E-state index in [2.05, 4.69) is 5.32 Å². The third-order valence-electron chi connectivity index (χ3n) is 5.40. The van der Waals surface area contributed by atoms with Crippen LogP contribution in [-0.2, 0) is 6.42 Å². The first-order valence-corrected chi connectivity index (χ1v) is 10.1. The summed E-state index contributed by atoms with van der Waals surface area (Å²) in [6, 6.07) is 16.5. The van der Waals surface area contributed by atoms with Crippen LogP contribution in [0.25, 0.3) is 0 Å². The van der Waals surface area contributed by atoms with Crippen molar-refractivity contribution < 1.29 is 18.7 Å². The minimum Gasteiger partial charge on any atom is -0.495 e. The van der Waals surface area contributed by atoms with Crippen molar-refractivity contribution in [3.05, 3.63) is 88.7 Å². The molecule has 0 atom stereocenters. The minimum atomic E-state index is -0.378. The Morgan fingerprint density at radius 2 is 1.74 bits per heavy atom. The van der Waals surface area contributed by atoms with E-state index in [4.69, 9.17) is 4.74 Å². The van der Waals surface area contributed by atoms with Crippen molar-refractivity contribution in [2.24, 2.45) is 0 Å². The molecule has 0 unspecified atom stereocenters. The minimum absolute atomic E-state index is 0.178. The number of rotatable bonds is 4. The largest absolute Gasteiger partial charge is 0.495 e. The molecular formula is C25H23FN2O3. The first kappa shape index (κ1) is 20.6. The Hall–Kier alpha value is -3.67. The fraction of sp³-hybridized carbons (Fsp3) is 0.200. The van der Waals surface area contributed by atoms with E-state index in [0.29, 0.717) is 29.1 Å². The second kappa shape index (κ2) is 8.60. The predicted molar refractivity (Wildman–Crippen MR) is 119 cm³/mol. The molecule has 158 valence electrons. The topological polar surface area (TPSA) is 58.6 Å². The first-order chi connectivity index (χ1) is 15.0. The van der Waals surface area contributed by atoms with Crippen LogP contribution in [0.15, 0.2) is 60.7 Å². The van der Waals surface area contributed by atoms with Crippen LogP contribution >= 0.6 is 0 Å². The van der Waals surface area contributed by atoms with Gasteiger partial charge in [-0.25, -0.2) is 4.39 Å². The van der Waals surface area contributed by atoms with Gasteiger partial charge in [0.15, 0.2) is 0 Å². The number of anilines is 2. The molecule has 31 heavy (non-hydrogen) atoms. The number of carbonyl (C=O) groups excluding carboxylic acids is 2. The van der Waals surface area contributed by atoms with Gasteiger partial charge >= 0.3 is 0 Å². The molecule has 0 radical (unpaired) electrons. The fourth-order valence-corrected chi connectivity index (χ4v) is 3.81. The summed E-state index contributed by atoms with van der Waals surface area (Å²) in [5.74, 6) is -0.208. The SMILES string of the molecule is COc1ccc(C)cc1NC(=O)c1ccc2c(c1)CCCN2C(=O)c1ccc(F)cc1. The van der Waals surface area contributed by atoms with Gasteiger partial charge in [-0.2, -0.15) is 0 Å². The number of ether oxygens (including phenoxy) is 1. The summed E-state index contributed by atoms with van der Waals surface area (Å²) >= 11 is 0. The van der Waals surface area contributed by atoms with Gasteiger partial charge in [0.05, 0.1) is 12.8 Å². The van der Waals surface area contributed by atoms with Crippen LogP contribution in [0.1, 0.15) is 38.3 Å². The number of fused-ring (bicyclic) bond motifs is 1. The molecule has 0 fully saturated rings. The molecule has 1 heterocycles. The van der Waals surface area contributed by atoms with Gasteiger partial charge < -0.3 is 15.0 Å². The number of amides is 2. The van der Waals surface area contributed by atoms with E-state index in [0.717, 1.165) is 29.7 Å². The van der Waals surface area contributed by atoms with Gasteiger partial charge in [-0.15, -0.1) is 0 Å². The molecule has 0 saturated carbocycles. The molecule has 0 spiro atoms. The van der Waals surface area contributed by atoms with Crippen molar-refractivity contribution in [2.45, 2.75) is 19.8 Å². The van der Waals surface area contributed by atoms with Crippen LogP contribution in [0.5, 0.6) is 5.75 Å². The van der Waals surface area contributed by atoms with E-state index < -0.39 is 0 Å². The summed E-state index contributed by atoms with van der Waals surface area (Å²) < 4.78 is 18.5. The summed E-state index contributed by atoms with van der Waals surface area (Å²) in [4.78, 5) is 27.5. The van der Waals surface area contributed by atoms with E-state index in [1.54, 1.807) is 24.1 Å². The summed E-state index contributed by atoms with van der Waals surface area (Å²) in [7, 11) is 1.56. The van der Waals surface area contributed by atoms with Crippen LogP contribution in [0.2, 0.25) is 0 Å². The molecule has 1 aliphatic heterocycles. The molecule has 2 amide bonds. The lowest BCUT2D eigenvalue weighted by Crippen LogP contribution is -2.35. The maximum atomic E-state index is 13.2. The second-order valence-electron chi connectivity index (χ2n) is 7.57. The Morgan fingerprint density at radius 1 is 1.00 bits per heavy atom. The van der Waals surface area contributed by atoms with Crippen molar-refractivity contribution in [3.63, 3.8) is 0 Å². The highest BCUT2D eigenvalue weighted by Crippen LogP contribution is 2.31. The fourth-order valence-electron chi connectivity index (χ4n) is 3.81. The van der Waals surface area contributed by atoms with Gasteiger partial charge in [0.2, 0.25) is 0 Å². The molecule has 1 N–H and O–H groups in total. The zero-order valence-electron chi connectivity index (χ0n) is 17.4. The smallest absolute Gasteiger partial charge is 0.258 e. The molecule has 0 aliphatic carbocycles. The Morgan fingerprint density at radius 3 is 2.48 bits per heavy atom. The van der Waals surface area contributed by atoms with Crippen LogP contribution in [-0.4, -0.2) is 25.5 Å². The Kier molecular flexibility index (Phi) is 5.71. The molecule has 1 aliphatic rings. The summed E-state index contributed by atoms with van der Waals surface area (Å²) in [5.41, 5.74) is 4.28. The second-order valence-corrected chi connectivity index (χ2v) is 7.57. The van der Waals surface area contributed by atoms with Crippen LogP contribution < -0.4 is 15.0 Å². The molecule has 0 bridgehead atoms. The van der Waals surface area contributed by atoms with E-state index >= 15 is 0 Å². The highest BCUT2D eigenvalue weighted by atomic mass is 19.1. The average Bonchev–Trinajstić information content (AvgIpc) is 2.78. The third kappa shape index (κ3) is 4.28. The van der Waals surface area contributed by atoms with Crippen LogP contribution in [0.3, 0.4) is 0 Å². The Balaban J connectivity index is 1.58. The number of benzene rings is 3. The number of methoxy groups -OCH3 is 1. The van der Waals surface area contributed by atoms with Gasteiger partial charge in [0, 0.05) is 23.4 Å². The summed E-state index contributed by atoms with van der Waals surface area (Å²) in [6.45, 7) is 2.52. The van der Waals surface area contributed by atoms with Gasteiger partial charge in [0.1, 0.15) is 11.6 Å². The normalized spacial score (nSPS) is 12.8. The standard InChI is InChI=1S/C25H23FN2O3/c1-16-5-12-23(31-2)21(14-16)27-24(29)19-8-11-22-18(15-19)4-3-13-28(22)25(30)17-6-9-20(26)10-7-17/h5-12,14-15H,3-4,13H2,1-2H3,(H,27,29). The average molecular weight is 418 g/mol. The van der Waals surface area contributed by atoms with Crippen molar-refractivity contribution in [1.82, 2.24) is 0 Å². The van der Waals surface area contributed by atoms with E-state index in [-0.39, 0.29) is 17.6 Å². The van der Waals surface area contributed by atoms with E-state index in [1.165, 1.54) is 24.3 Å². The summed E-state index contributed by atoms with van der Waals surface area (Å²) in [5, 5.41) is 2.91. The first-order valence-electron chi connectivity index (χ1n) is 10.1. The van der Waals surface area contributed by atoms with E-state index in [1.807, 2.05) is 31.2 Å². The van der Waals surface area contributed by atoms with Crippen molar-refractivity contribution in [1.29, 1.82) is 0 Å². The molecule has 0 saturated heterocycles. The lowest BCUT2D eigenvalue weighted by Gasteiger charge is -2.30. The zero-order valence-corrected chi connectivity index (χ0v) is 17.4. The Labute approximate surface area is 180 Å². The molecule has 6 heteroatoms.